The smallest absolute Gasteiger partial charge is 0.306 e. The molecule has 1 N–H and O–H groups in total. The molecule has 3 aromatic carbocycles. The molecule has 0 aromatic heterocycles. The van der Waals surface area contributed by atoms with Gasteiger partial charge in [0.15, 0.2) is 11.1 Å². The lowest BCUT2D eigenvalue weighted by Crippen LogP contribution is -2.26. The molecule has 0 radical (unpaired) electrons. The maximum absolute atomic E-state index is 13.4. The van der Waals surface area contributed by atoms with Crippen LogP contribution in [-0.2, 0) is 27.8 Å². The van der Waals surface area contributed by atoms with E-state index in [9.17, 15) is 22.2 Å². The largest absolute Gasteiger partial charge is 0.416 e. The fourth-order valence-corrected chi connectivity index (χ4v) is 4.17. The van der Waals surface area contributed by atoms with Gasteiger partial charge in [-0.25, -0.2) is 4.21 Å². The molecule has 4 nitrogen and oxygen atoms in total. The van der Waals surface area contributed by atoms with Gasteiger partial charge in [-0.1, -0.05) is 54.6 Å². The van der Waals surface area contributed by atoms with E-state index in [1.807, 2.05) is 30.3 Å². The lowest BCUT2D eigenvalue weighted by molar-refractivity contribution is -0.137. The van der Waals surface area contributed by atoms with Crippen molar-refractivity contribution in [3.63, 3.8) is 0 Å². The molecule has 1 heterocycles. The van der Waals surface area contributed by atoms with Crippen molar-refractivity contribution in [2.75, 3.05) is 11.4 Å². The highest BCUT2D eigenvalue weighted by atomic mass is 32.2. The second-order valence-electron chi connectivity index (χ2n) is 7.32. The normalized spacial score (nSPS) is 15.4. The molecule has 1 unspecified atom stereocenters. The molecule has 1 aliphatic heterocycles. The minimum Gasteiger partial charge on any atom is -0.306 e. The van der Waals surface area contributed by atoms with Crippen molar-refractivity contribution in [2.45, 2.75) is 11.9 Å². The van der Waals surface area contributed by atoms with E-state index in [-0.39, 0.29) is 18.2 Å². The summed E-state index contributed by atoms with van der Waals surface area (Å²) in [5, 5.41) is 0. The summed E-state index contributed by atoms with van der Waals surface area (Å²) in [5.41, 5.74) is 2.96. The predicted molar refractivity (Wildman–Crippen MR) is 118 cm³/mol. The third-order valence-corrected chi connectivity index (χ3v) is 5.82. The van der Waals surface area contributed by atoms with Crippen LogP contribution in [0.25, 0.3) is 11.1 Å². The number of halogens is 3. The maximum atomic E-state index is 13.4. The molecule has 8 heteroatoms. The lowest BCUT2D eigenvalue weighted by Gasteiger charge is -2.18. The Labute approximate surface area is 185 Å². The number of anilines is 1. The molecule has 0 fully saturated rings. The molecule has 0 aliphatic carbocycles. The van der Waals surface area contributed by atoms with Crippen LogP contribution in [0.1, 0.15) is 22.3 Å². The monoisotopic (exact) mass is 457 g/mol. The van der Waals surface area contributed by atoms with E-state index in [0.29, 0.717) is 22.4 Å². The highest BCUT2D eigenvalue weighted by molar-refractivity contribution is 7.78. The van der Waals surface area contributed by atoms with Crippen molar-refractivity contribution in [3.8, 4) is 0 Å². The first kappa shape index (κ1) is 22.0. The minimum atomic E-state index is -4.45. The van der Waals surface area contributed by atoms with Crippen molar-refractivity contribution < 1.29 is 26.7 Å². The van der Waals surface area contributed by atoms with Gasteiger partial charge in [0.05, 0.1) is 23.4 Å². The third kappa shape index (κ3) is 4.51. The number of nitrogens with zero attached hydrogens (tertiary/aromatic N) is 1. The Kier molecular flexibility index (Phi) is 5.99. The van der Waals surface area contributed by atoms with Gasteiger partial charge in [-0.15, -0.1) is 0 Å². The molecule has 0 saturated carbocycles. The van der Waals surface area contributed by atoms with Crippen LogP contribution in [0.5, 0.6) is 0 Å². The highest BCUT2D eigenvalue weighted by Crippen LogP contribution is 2.38. The number of rotatable bonds is 5. The number of hydrogen-bond donors (Lipinski definition) is 1. The molecular formula is C24H18F3NO3S. The Bertz CT molecular complexity index is 1190. The van der Waals surface area contributed by atoms with Crippen molar-refractivity contribution in [1.29, 1.82) is 0 Å². The van der Waals surface area contributed by atoms with Gasteiger partial charge in [0.25, 0.3) is 5.91 Å². The molecule has 32 heavy (non-hydrogen) atoms. The van der Waals surface area contributed by atoms with Crippen molar-refractivity contribution in [1.82, 2.24) is 0 Å². The van der Waals surface area contributed by atoms with E-state index in [4.69, 9.17) is 4.55 Å². The molecular weight excluding hydrogens is 439 g/mol. The van der Waals surface area contributed by atoms with Crippen LogP contribution < -0.4 is 4.90 Å². The van der Waals surface area contributed by atoms with Gasteiger partial charge in [-0.05, 0) is 46.5 Å². The summed E-state index contributed by atoms with van der Waals surface area (Å²) in [5.74, 6) is -0.298. The van der Waals surface area contributed by atoms with Gasteiger partial charge in [0.2, 0.25) is 0 Å². The molecule has 0 saturated heterocycles. The first-order chi connectivity index (χ1) is 15.2. The zero-order valence-corrected chi connectivity index (χ0v) is 17.5. The van der Waals surface area contributed by atoms with Gasteiger partial charge >= 0.3 is 6.18 Å². The van der Waals surface area contributed by atoms with Crippen LogP contribution in [-0.4, -0.2) is 21.2 Å². The second kappa shape index (κ2) is 8.72. The van der Waals surface area contributed by atoms with Crippen molar-refractivity contribution in [3.05, 3.63) is 101 Å². The summed E-state index contributed by atoms with van der Waals surface area (Å²) in [7, 11) is 0. The maximum Gasteiger partial charge on any atom is 0.416 e. The number of carbonyl (C=O) groups excluding carboxylic acids is 1. The summed E-state index contributed by atoms with van der Waals surface area (Å²) in [4.78, 5) is 14.8. The lowest BCUT2D eigenvalue weighted by atomic mass is 9.96. The topological polar surface area (TPSA) is 57.6 Å². The number of amides is 1. The number of alkyl halides is 3. The molecule has 0 bridgehead atoms. The standard InChI is InChI=1S/C24H18F3NO3S/c25-24(26,27)19-10-12-20(13-11-19)28-14-21(17-8-6-16(7-9-17)15-32(30)31)22(23(28)29)18-4-2-1-3-5-18/h1-13H,14-15H2,(H,30,31). The average molecular weight is 457 g/mol. The van der Waals surface area contributed by atoms with Crippen LogP contribution in [0.2, 0.25) is 0 Å². The molecule has 0 spiro atoms. The number of hydrogen-bond acceptors (Lipinski definition) is 2. The molecule has 4 rings (SSSR count). The zero-order valence-electron chi connectivity index (χ0n) is 16.7. The Morgan fingerprint density at radius 1 is 0.875 bits per heavy atom. The van der Waals surface area contributed by atoms with Crippen LogP contribution in [0, 0.1) is 0 Å². The predicted octanol–water partition coefficient (Wildman–Crippen LogP) is 5.38. The van der Waals surface area contributed by atoms with Crippen LogP contribution in [0.3, 0.4) is 0 Å². The first-order valence-electron chi connectivity index (χ1n) is 9.68. The van der Waals surface area contributed by atoms with E-state index in [0.717, 1.165) is 23.3 Å². The fraction of sp³-hybridized carbons (Fsp3) is 0.125. The first-order valence-corrected chi connectivity index (χ1v) is 11.0. The molecule has 3 aromatic rings. The van der Waals surface area contributed by atoms with Gasteiger partial charge in [-0.3, -0.25) is 4.79 Å². The van der Waals surface area contributed by atoms with E-state index in [2.05, 4.69) is 0 Å². The molecule has 1 aliphatic rings. The average Bonchev–Trinajstić information content (AvgIpc) is 3.11. The Morgan fingerprint density at radius 2 is 1.50 bits per heavy atom. The molecule has 1 amide bonds. The van der Waals surface area contributed by atoms with Gasteiger partial charge in [0, 0.05) is 5.69 Å². The van der Waals surface area contributed by atoms with Gasteiger partial charge in [0.1, 0.15) is 0 Å². The summed E-state index contributed by atoms with van der Waals surface area (Å²) < 4.78 is 58.9. The summed E-state index contributed by atoms with van der Waals surface area (Å²) in [6.07, 6.45) is -4.45. The van der Waals surface area contributed by atoms with Crippen molar-refractivity contribution >= 4 is 33.8 Å². The van der Waals surface area contributed by atoms with E-state index >= 15 is 0 Å². The number of benzene rings is 3. The molecule has 1 atom stereocenters. The fourth-order valence-electron chi connectivity index (χ4n) is 3.69. The van der Waals surface area contributed by atoms with E-state index in [1.54, 1.807) is 24.3 Å². The Hall–Kier alpha value is -3.23. The van der Waals surface area contributed by atoms with Gasteiger partial charge in [-0.2, -0.15) is 13.2 Å². The van der Waals surface area contributed by atoms with Crippen LogP contribution in [0.15, 0.2) is 78.9 Å². The SMILES string of the molecule is O=C1C(c2ccccc2)=C(c2ccc(CS(=O)O)cc2)CN1c1ccc(C(F)(F)F)cc1. The summed E-state index contributed by atoms with van der Waals surface area (Å²) in [6, 6.07) is 20.6. The second-order valence-corrected chi connectivity index (χ2v) is 8.25. The molecule has 164 valence electrons. The van der Waals surface area contributed by atoms with E-state index in [1.165, 1.54) is 17.0 Å². The zero-order chi connectivity index (χ0) is 22.9. The quantitative estimate of drug-likeness (QED) is 0.523. The number of carbonyl (C=O) groups is 1. The minimum absolute atomic E-state index is 0.00147. The summed E-state index contributed by atoms with van der Waals surface area (Å²) in [6.45, 7) is 0.194. The van der Waals surface area contributed by atoms with Crippen molar-refractivity contribution in [2.24, 2.45) is 0 Å². The van der Waals surface area contributed by atoms with Gasteiger partial charge < -0.3 is 9.45 Å². The van der Waals surface area contributed by atoms with Crippen LogP contribution >= 0.6 is 0 Å². The summed E-state index contributed by atoms with van der Waals surface area (Å²) >= 11 is -1.96. The Morgan fingerprint density at radius 3 is 2.06 bits per heavy atom. The highest BCUT2D eigenvalue weighted by Gasteiger charge is 2.34. The van der Waals surface area contributed by atoms with E-state index < -0.39 is 22.8 Å². The third-order valence-electron chi connectivity index (χ3n) is 5.24. The Balaban J connectivity index is 1.73. The van der Waals surface area contributed by atoms with Crippen LogP contribution in [0.4, 0.5) is 18.9 Å².